The van der Waals surface area contributed by atoms with Crippen molar-refractivity contribution < 1.29 is 23.5 Å². The molecule has 1 aliphatic heterocycles. The summed E-state index contributed by atoms with van der Waals surface area (Å²) in [6, 6.07) is 5.10. The Kier molecular flexibility index (Phi) is 4.41. The maximum absolute atomic E-state index is 12.8. The molecule has 2 fully saturated rings. The highest BCUT2D eigenvalue weighted by atomic mass is 19.1. The summed E-state index contributed by atoms with van der Waals surface area (Å²) in [5.41, 5.74) is 0. The van der Waals surface area contributed by atoms with Gasteiger partial charge >= 0.3 is 5.97 Å². The maximum Gasteiger partial charge on any atom is 0.312 e. The lowest BCUT2D eigenvalue weighted by Gasteiger charge is -2.19. The van der Waals surface area contributed by atoms with Crippen LogP contribution in [0.5, 0.6) is 5.75 Å². The van der Waals surface area contributed by atoms with Crippen molar-refractivity contribution in [3.05, 3.63) is 30.1 Å². The van der Waals surface area contributed by atoms with Gasteiger partial charge in [-0.3, -0.25) is 19.3 Å². The number of carbonyl (C=O) groups is 3. The van der Waals surface area contributed by atoms with Crippen molar-refractivity contribution in [1.82, 2.24) is 4.90 Å². The fourth-order valence-electron chi connectivity index (χ4n) is 3.34. The zero-order valence-electron chi connectivity index (χ0n) is 12.7. The van der Waals surface area contributed by atoms with Crippen LogP contribution in [0.2, 0.25) is 0 Å². The number of fused-ring (bicyclic) bond motifs is 1. The lowest BCUT2D eigenvalue weighted by Crippen LogP contribution is -2.33. The van der Waals surface area contributed by atoms with E-state index in [9.17, 15) is 18.8 Å². The number of esters is 1. The number of nitrogens with zero attached hydrogens (tertiary/aromatic N) is 1. The first-order valence-corrected chi connectivity index (χ1v) is 7.88. The van der Waals surface area contributed by atoms with E-state index in [0.29, 0.717) is 0 Å². The highest BCUT2D eigenvalue weighted by Crippen LogP contribution is 2.37. The Morgan fingerprint density at radius 3 is 2.22 bits per heavy atom. The number of hydrogen-bond donors (Lipinski definition) is 0. The van der Waals surface area contributed by atoms with Crippen LogP contribution in [0.15, 0.2) is 24.3 Å². The number of carbonyl (C=O) groups excluding carboxylic acids is 3. The Morgan fingerprint density at radius 2 is 1.65 bits per heavy atom. The molecule has 0 unspecified atom stereocenters. The normalized spacial score (nSPS) is 23.8. The molecule has 122 valence electrons. The standard InChI is InChI=1S/C17H18FNO4/c18-11-5-7-12(8-6-11)23-15(20)9-10-19-16(21)13-3-1-2-4-14(13)17(19)22/h5-8,13-14H,1-4,9-10H2/t13-,14-/m0/s1. The van der Waals surface area contributed by atoms with Gasteiger partial charge in [0.1, 0.15) is 11.6 Å². The molecule has 2 amide bonds. The van der Waals surface area contributed by atoms with E-state index in [4.69, 9.17) is 4.74 Å². The quantitative estimate of drug-likeness (QED) is 0.485. The molecule has 1 heterocycles. The molecule has 1 aromatic carbocycles. The molecule has 23 heavy (non-hydrogen) atoms. The first kappa shape index (κ1) is 15.6. The van der Waals surface area contributed by atoms with Crippen LogP contribution in [0.3, 0.4) is 0 Å². The van der Waals surface area contributed by atoms with Crippen LogP contribution in [0.25, 0.3) is 0 Å². The van der Waals surface area contributed by atoms with E-state index >= 15 is 0 Å². The molecular formula is C17H18FNO4. The van der Waals surface area contributed by atoms with Crippen molar-refractivity contribution in [2.75, 3.05) is 6.54 Å². The van der Waals surface area contributed by atoms with E-state index in [1.54, 1.807) is 0 Å². The van der Waals surface area contributed by atoms with Crippen LogP contribution in [0.1, 0.15) is 32.1 Å². The van der Waals surface area contributed by atoms with Crippen LogP contribution in [0.4, 0.5) is 4.39 Å². The first-order chi connectivity index (χ1) is 11.1. The largest absolute Gasteiger partial charge is 0.426 e. The predicted molar refractivity (Wildman–Crippen MR) is 78.8 cm³/mol. The number of halogens is 1. The van der Waals surface area contributed by atoms with Gasteiger partial charge < -0.3 is 4.74 Å². The second-order valence-electron chi connectivity index (χ2n) is 6.00. The minimum absolute atomic E-state index is 0.0463. The third-order valence-corrected chi connectivity index (χ3v) is 4.52. The Morgan fingerprint density at radius 1 is 1.09 bits per heavy atom. The Bertz CT molecular complexity index is 604. The number of benzene rings is 1. The summed E-state index contributed by atoms with van der Waals surface area (Å²) < 4.78 is 17.8. The highest BCUT2D eigenvalue weighted by molar-refractivity contribution is 6.05. The number of likely N-dealkylation sites (tertiary alicyclic amines) is 1. The molecule has 3 rings (SSSR count). The number of amides is 2. The van der Waals surface area contributed by atoms with Gasteiger partial charge in [-0.2, -0.15) is 0 Å². The van der Waals surface area contributed by atoms with Crippen molar-refractivity contribution >= 4 is 17.8 Å². The number of imide groups is 1. The summed E-state index contributed by atoms with van der Waals surface area (Å²) in [6.07, 6.45) is 3.40. The molecule has 1 saturated carbocycles. The Labute approximate surface area is 133 Å². The number of rotatable bonds is 4. The van der Waals surface area contributed by atoms with E-state index in [2.05, 4.69) is 0 Å². The molecule has 1 aliphatic carbocycles. The molecule has 0 bridgehead atoms. The zero-order valence-corrected chi connectivity index (χ0v) is 12.7. The van der Waals surface area contributed by atoms with E-state index in [-0.39, 0.29) is 42.4 Å². The Balaban J connectivity index is 1.55. The molecule has 1 aromatic rings. The average Bonchev–Trinajstić information content (AvgIpc) is 2.80. The second-order valence-corrected chi connectivity index (χ2v) is 6.00. The minimum atomic E-state index is -0.549. The maximum atomic E-state index is 12.8. The van der Waals surface area contributed by atoms with E-state index in [1.165, 1.54) is 29.2 Å². The van der Waals surface area contributed by atoms with Crippen LogP contribution >= 0.6 is 0 Å². The van der Waals surface area contributed by atoms with Gasteiger partial charge in [0, 0.05) is 6.54 Å². The van der Waals surface area contributed by atoms with Gasteiger partial charge in [0.15, 0.2) is 0 Å². The molecule has 0 radical (unpaired) electrons. The van der Waals surface area contributed by atoms with Gasteiger partial charge in [-0.15, -0.1) is 0 Å². The molecule has 0 aromatic heterocycles. The monoisotopic (exact) mass is 319 g/mol. The number of hydrogen-bond acceptors (Lipinski definition) is 4. The summed E-state index contributed by atoms with van der Waals surface area (Å²) in [5.74, 6) is -1.45. The molecule has 0 spiro atoms. The molecular weight excluding hydrogens is 301 g/mol. The summed E-state index contributed by atoms with van der Waals surface area (Å²) in [5, 5.41) is 0. The van der Waals surface area contributed by atoms with Gasteiger partial charge in [-0.25, -0.2) is 4.39 Å². The minimum Gasteiger partial charge on any atom is -0.426 e. The van der Waals surface area contributed by atoms with Crippen molar-refractivity contribution in [2.24, 2.45) is 11.8 Å². The molecule has 2 atom stereocenters. The van der Waals surface area contributed by atoms with Crippen LogP contribution in [0, 0.1) is 17.7 Å². The highest BCUT2D eigenvalue weighted by Gasteiger charge is 2.47. The topological polar surface area (TPSA) is 63.7 Å². The van der Waals surface area contributed by atoms with Gasteiger partial charge in [0.2, 0.25) is 11.8 Å². The predicted octanol–water partition coefficient (Wildman–Crippen LogP) is 2.30. The summed E-state index contributed by atoms with van der Waals surface area (Å²) in [6.45, 7) is 0.0463. The summed E-state index contributed by atoms with van der Waals surface area (Å²) >= 11 is 0. The van der Waals surface area contributed by atoms with Crippen molar-refractivity contribution in [3.8, 4) is 5.75 Å². The van der Waals surface area contributed by atoms with Crippen molar-refractivity contribution in [3.63, 3.8) is 0 Å². The molecule has 1 saturated heterocycles. The fraction of sp³-hybridized carbons (Fsp3) is 0.471. The van der Waals surface area contributed by atoms with Gasteiger partial charge in [-0.05, 0) is 37.1 Å². The Hall–Kier alpha value is -2.24. The fourth-order valence-corrected chi connectivity index (χ4v) is 3.34. The van der Waals surface area contributed by atoms with Crippen molar-refractivity contribution in [2.45, 2.75) is 32.1 Å². The van der Waals surface area contributed by atoms with Crippen molar-refractivity contribution in [1.29, 1.82) is 0 Å². The van der Waals surface area contributed by atoms with Crippen LogP contribution in [-0.4, -0.2) is 29.2 Å². The SMILES string of the molecule is O=C(CCN1C(=O)[C@H]2CCCC[C@@H]2C1=O)Oc1ccc(F)cc1. The first-order valence-electron chi connectivity index (χ1n) is 7.88. The molecule has 5 nitrogen and oxygen atoms in total. The third kappa shape index (κ3) is 3.25. The zero-order chi connectivity index (χ0) is 16.4. The van der Waals surface area contributed by atoms with Gasteiger partial charge in [0.05, 0.1) is 18.3 Å². The third-order valence-electron chi connectivity index (χ3n) is 4.52. The summed E-state index contributed by atoms with van der Waals surface area (Å²) in [4.78, 5) is 37.6. The molecule has 6 heteroatoms. The lowest BCUT2D eigenvalue weighted by atomic mass is 9.81. The van der Waals surface area contributed by atoms with Crippen LogP contribution in [-0.2, 0) is 14.4 Å². The lowest BCUT2D eigenvalue weighted by molar-refractivity contribution is -0.141. The van der Waals surface area contributed by atoms with Gasteiger partial charge in [-0.1, -0.05) is 12.8 Å². The van der Waals surface area contributed by atoms with E-state index in [1.807, 2.05) is 0 Å². The van der Waals surface area contributed by atoms with Crippen LogP contribution < -0.4 is 4.74 Å². The van der Waals surface area contributed by atoms with E-state index < -0.39 is 11.8 Å². The van der Waals surface area contributed by atoms with E-state index in [0.717, 1.165) is 25.7 Å². The summed E-state index contributed by atoms with van der Waals surface area (Å²) in [7, 11) is 0. The smallest absolute Gasteiger partial charge is 0.312 e. The molecule has 0 N–H and O–H groups in total. The van der Waals surface area contributed by atoms with Gasteiger partial charge in [0.25, 0.3) is 0 Å². The number of ether oxygens (including phenoxy) is 1. The average molecular weight is 319 g/mol. The second kappa shape index (κ2) is 6.48. The molecule has 2 aliphatic rings.